The number of aromatic nitrogens is 3. The van der Waals surface area contributed by atoms with Gasteiger partial charge >= 0.3 is 0 Å². The Kier molecular flexibility index (Phi) is 7.03. The van der Waals surface area contributed by atoms with E-state index in [1.54, 1.807) is 24.4 Å². The Hall–Kier alpha value is -3.79. The van der Waals surface area contributed by atoms with Crippen LogP contribution in [0.4, 0.5) is 5.69 Å². The van der Waals surface area contributed by atoms with Crippen LogP contribution in [0.5, 0.6) is 11.5 Å². The number of fused-ring (bicyclic) bond motifs is 1. The maximum atomic E-state index is 12.2. The number of amides is 1. The molecule has 1 amide bonds. The molecule has 0 unspecified atom stereocenters. The molecule has 0 saturated carbocycles. The zero-order valence-corrected chi connectivity index (χ0v) is 18.0. The van der Waals surface area contributed by atoms with Gasteiger partial charge in [0.05, 0.1) is 18.5 Å². The molecule has 0 aliphatic carbocycles. The highest BCUT2D eigenvalue weighted by Gasteiger charge is 2.14. The maximum Gasteiger partial charge on any atom is 0.250 e. The number of para-hydroxylation sites is 1. The number of rotatable bonds is 10. The van der Waals surface area contributed by atoms with E-state index in [0.717, 1.165) is 17.1 Å². The smallest absolute Gasteiger partial charge is 0.250 e. The van der Waals surface area contributed by atoms with Crippen molar-refractivity contribution in [3.05, 3.63) is 72.6 Å². The van der Waals surface area contributed by atoms with Crippen LogP contribution in [-0.2, 0) is 17.9 Å². The molecule has 3 aromatic rings. The summed E-state index contributed by atoms with van der Waals surface area (Å²) >= 11 is 1.29. The molecule has 0 bridgehead atoms. The van der Waals surface area contributed by atoms with Crippen LogP contribution in [0.2, 0.25) is 0 Å². The first-order valence-electron chi connectivity index (χ1n) is 9.89. The topological polar surface area (TPSA) is 103 Å². The molecule has 2 heterocycles. The first kappa shape index (κ1) is 21.4. The number of hydrogen-bond donors (Lipinski definition) is 2. The van der Waals surface area contributed by atoms with Crippen molar-refractivity contribution in [1.82, 2.24) is 20.2 Å². The minimum absolute atomic E-state index is 0.153. The molecule has 9 nitrogen and oxygen atoms in total. The molecule has 0 spiro atoms. The number of anilines is 1. The Labute approximate surface area is 189 Å². The van der Waals surface area contributed by atoms with E-state index in [2.05, 4.69) is 32.6 Å². The van der Waals surface area contributed by atoms with Crippen molar-refractivity contribution in [1.29, 1.82) is 0 Å². The molecule has 0 saturated heterocycles. The molecule has 4 rings (SSSR count). The summed E-state index contributed by atoms with van der Waals surface area (Å²) in [5, 5.41) is 16.4. The number of thioether (sulfide) groups is 1. The molecular weight excluding hydrogens is 428 g/mol. The van der Waals surface area contributed by atoms with E-state index in [4.69, 9.17) is 9.47 Å². The van der Waals surface area contributed by atoms with E-state index in [9.17, 15) is 4.79 Å². The quantitative estimate of drug-likeness (QED) is 0.212. The fourth-order valence-corrected chi connectivity index (χ4v) is 3.70. The molecule has 2 N–H and O–H groups in total. The number of nitrogens with zero attached hydrogens (tertiary/aromatic N) is 4. The highest BCUT2D eigenvalue weighted by atomic mass is 32.2. The second-order valence-electron chi connectivity index (χ2n) is 6.71. The number of benzene rings is 2. The van der Waals surface area contributed by atoms with Crippen LogP contribution in [-0.4, -0.2) is 39.4 Å². The van der Waals surface area contributed by atoms with Crippen LogP contribution in [0.15, 0.2) is 71.4 Å². The summed E-state index contributed by atoms with van der Waals surface area (Å²) in [6.07, 6.45) is 3.33. The first-order chi connectivity index (χ1) is 15.7. The van der Waals surface area contributed by atoms with Crippen molar-refractivity contribution in [2.24, 2.45) is 5.10 Å². The van der Waals surface area contributed by atoms with Gasteiger partial charge < -0.3 is 19.4 Å². The molecule has 10 heteroatoms. The van der Waals surface area contributed by atoms with E-state index in [-0.39, 0.29) is 18.5 Å². The average molecular weight is 451 g/mol. The fourth-order valence-electron chi connectivity index (χ4n) is 2.94. The maximum absolute atomic E-state index is 12.2. The standard InChI is InChI=1S/C22H22N6O3S/c1-2-10-28-20(13-23-17-6-4-3-5-7-17)25-27-22(28)32-14-21(29)26-24-12-16-8-9-18-19(11-16)31-15-30-18/h2-9,11-12,23H,1,10,13-15H2,(H,26,29). The minimum Gasteiger partial charge on any atom is -0.454 e. The van der Waals surface area contributed by atoms with Crippen LogP contribution in [0.3, 0.4) is 0 Å². The third-order valence-electron chi connectivity index (χ3n) is 4.46. The summed E-state index contributed by atoms with van der Waals surface area (Å²) in [6, 6.07) is 15.3. The van der Waals surface area contributed by atoms with Gasteiger partial charge in [-0.1, -0.05) is 36.0 Å². The van der Waals surface area contributed by atoms with Crippen LogP contribution in [0.25, 0.3) is 0 Å². The monoisotopic (exact) mass is 450 g/mol. The Morgan fingerprint density at radius 1 is 1.19 bits per heavy atom. The van der Waals surface area contributed by atoms with E-state index in [1.807, 2.05) is 41.0 Å². The third-order valence-corrected chi connectivity index (χ3v) is 5.43. The number of hydrogen-bond acceptors (Lipinski definition) is 8. The predicted molar refractivity (Wildman–Crippen MR) is 123 cm³/mol. The second kappa shape index (κ2) is 10.5. The molecule has 0 atom stereocenters. The first-order valence-corrected chi connectivity index (χ1v) is 10.9. The average Bonchev–Trinajstić information content (AvgIpc) is 3.44. The van der Waals surface area contributed by atoms with Gasteiger partial charge in [-0.15, -0.1) is 16.8 Å². The lowest BCUT2D eigenvalue weighted by Crippen LogP contribution is -2.20. The highest BCUT2D eigenvalue weighted by Crippen LogP contribution is 2.31. The van der Waals surface area contributed by atoms with Gasteiger partial charge in [-0.3, -0.25) is 4.79 Å². The van der Waals surface area contributed by atoms with Crippen molar-refractivity contribution in [3.63, 3.8) is 0 Å². The van der Waals surface area contributed by atoms with Crippen molar-refractivity contribution >= 4 is 29.6 Å². The lowest BCUT2D eigenvalue weighted by atomic mass is 10.2. The van der Waals surface area contributed by atoms with Gasteiger partial charge in [-0.2, -0.15) is 5.10 Å². The normalized spacial score (nSPS) is 12.1. The minimum atomic E-state index is -0.246. The van der Waals surface area contributed by atoms with E-state index in [1.165, 1.54) is 11.8 Å². The number of nitrogens with one attached hydrogen (secondary N) is 2. The van der Waals surface area contributed by atoms with Gasteiger partial charge in [-0.05, 0) is 35.9 Å². The van der Waals surface area contributed by atoms with E-state index >= 15 is 0 Å². The summed E-state index contributed by atoms with van der Waals surface area (Å²) < 4.78 is 12.5. The molecule has 0 radical (unpaired) electrons. The van der Waals surface area contributed by atoms with Crippen LogP contribution in [0, 0.1) is 0 Å². The van der Waals surface area contributed by atoms with Gasteiger partial charge in [0.15, 0.2) is 22.5 Å². The lowest BCUT2D eigenvalue weighted by molar-refractivity contribution is -0.118. The molecule has 1 aliphatic rings. The Morgan fingerprint density at radius 2 is 2.03 bits per heavy atom. The van der Waals surface area contributed by atoms with Crippen molar-refractivity contribution in [2.75, 3.05) is 17.9 Å². The van der Waals surface area contributed by atoms with E-state index in [0.29, 0.717) is 29.7 Å². The molecule has 1 aromatic heterocycles. The van der Waals surface area contributed by atoms with Crippen LogP contribution in [0.1, 0.15) is 11.4 Å². The van der Waals surface area contributed by atoms with Crippen LogP contribution < -0.4 is 20.2 Å². The largest absolute Gasteiger partial charge is 0.454 e. The van der Waals surface area contributed by atoms with Gasteiger partial charge in [0.2, 0.25) is 6.79 Å². The van der Waals surface area contributed by atoms with Crippen LogP contribution >= 0.6 is 11.8 Å². The van der Waals surface area contributed by atoms with Gasteiger partial charge in [0.1, 0.15) is 0 Å². The zero-order chi connectivity index (χ0) is 22.2. The van der Waals surface area contributed by atoms with Gasteiger partial charge in [-0.25, -0.2) is 5.43 Å². The SMILES string of the molecule is C=CCn1c(CNc2ccccc2)nnc1SCC(=O)NN=Cc1ccc2c(c1)OCO2. The molecule has 1 aliphatic heterocycles. The predicted octanol–water partition coefficient (Wildman–Crippen LogP) is 3.05. The lowest BCUT2D eigenvalue weighted by Gasteiger charge is -2.09. The number of carbonyl (C=O) groups is 1. The Morgan fingerprint density at radius 3 is 2.88 bits per heavy atom. The molecule has 32 heavy (non-hydrogen) atoms. The molecule has 164 valence electrons. The second-order valence-corrected chi connectivity index (χ2v) is 7.65. The van der Waals surface area contributed by atoms with Crippen molar-refractivity contribution < 1.29 is 14.3 Å². The molecular formula is C22H22N6O3S. The molecule has 0 fully saturated rings. The van der Waals surface area contributed by atoms with Crippen molar-refractivity contribution in [2.45, 2.75) is 18.2 Å². The Bertz CT molecular complexity index is 1120. The number of carbonyl (C=O) groups excluding carboxylic acids is 1. The third kappa shape index (κ3) is 5.46. The van der Waals surface area contributed by atoms with Gasteiger partial charge in [0, 0.05) is 12.2 Å². The zero-order valence-electron chi connectivity index (χ0n) is 17.2. The van der Waals surface area contributed by atoms with Crippen molar-refractivity contribution in [3.8, 4) is 11.5 Å². The van der Waals surface area contributed by atoms with Gasteiger partial charge in [0.25, 0.3) is 5.91 Å². The summed E-state index contributed by atoms with van der Waals surface area (Å²) in [7, 11) is 0. The number of hydrazone groups is 1. The number of allylic oxidation sites excluding steroid dienone is 1. The number of ether oxygens (including phenoxy) is 2. The highest BCUT2D eigenvalue weighted by molar-refractivity contribution is 7.99. The summed E-state index contributed by atoms with van der Waals surface area (Å²) in [5.74, 6) is 2.03. The fraction of sp³-hybridized carbons (Fsp3) is 0.182. The Balaban J connectivity index is 1.30. The van der Waals surface area contributed by atoms with E-state index < -0.39 is 0 Å². The summed E-state index contributed by atoms with van der Waals surface area (Å²) in [6.45, 7) is 5.07. The molecule has 2 aromatic carbocycles. The summed E-state index contributed by atoms with van der Waals surface area (Å²) in [5.41, 5.74) is 4.31. The summed E-state index contributed by atoms with van der Waals surface area (Å²) in [4.78, 5) is 12.2.